The highest BCUT2D eigenvalue weighted by atomic mass is 35.5. The first-order valence-corrected chi connectivity index (χ1v) is 5.93. The van der Waals surface area contributed by atoms with Crippen molar-refractivity contribution in [2.24, 2.45) is 0 Å². The monoisotopic (exact) mass is 240 g/mol. The standard InChI is InChI=1S/C13H17ClO2/c1-8(15)4-9-5-11(14)6-10-7-13(2,3)16-12(9)10/h5-6,8,15H,4,7H2,1-3H3. The second-order valence-corrected chi connectivity index (χ2v) is 5.58. The van der Waals surface area contributed by atoms with Crippen LogP contribution in [-0.2, 0) is 12.8 Å². The van der Waals surface area contributed by atoms with Crippen LogP contribution in [0.5, 0.6) is 5.75 Å². The summed E-state index contributed by atoms with van der Waals surface area (Å²) in [6.45, 7) is 5.90. The first-order valence-electron chi connectivity index (χ1n) is 5.56. The van der Waals surface area contributed by atoms with Crippen LogP contribution in [0.25, 0.3) is 0 Å². The van der Waals surface area contributed by atoms with Crippen molar-refractivity contribution in [1.82, 2.24) is 0 Å². The predicted molar refractivity (Wildman–Crippen MR) is 65.2 cm³/mol. The van der Waals surface area contributed by atoms with Crippen LogP contribution in [0.15, 0.2) is 12.1 Å². The van der Waals surface area contributed by atoms with Gasteiger partial charge in [-0.25, -0.2) is 0 Å². The van der Waals surface area contributed by atoms with E-state index in [0.717, 1.165) is 28.3 Å². The highest BCUT2D eigenvalue weighted by Crippen LogP contribution is 2.39. The van der Waals surface area contributed by atoms with Gasteiger partial charge in [0.1, 0.15) is 11.4 Å². The summed E-state index contributed by atoms with van der Waals surface area (Å²) >= 11 is 6.07. The number of fused-ring (bicyclic) bond motifs is 1. The van der Waals surface area contributed by atoms with Crippen molar-refractivity contribution in [1.29, 1.82) is 0 Å². The normalized spacial score (nSPS) is 19.1. The fourth-order valence-corrected chi connectivity index (χ4v) is 2.48. The van der Waals surface area contributed by atoms with E-state index in [2.05, 4.69) is 13.8 Å². The molecule has 2 nitrogen and oxygen atoms in total. The Bertz CT molecular complexity index is 411. The molecule has 88 valence electrons. The molecule has 1 unspecified atom stereocenters. The SMILES string of the molecule is CC(O)Cc1cc(Cl)cc2c1OC(C)(C)C2. The van der Waals surface area contributed by atoms with E-state index in [1.807, 2.05) is 12.1 Å². The molecule has 1 N–H and O–H groups in total. The van der Waals surface area contributed by atoms with Gasteiger partial charge in [-0.15, -0.1) is 0 Å². The second kappa shape index (κ2) is 3.94. The molecule has 0 bridgehead atoms. The first-order chi connectivity index (χ1) is 7.37. The molecule has 0 spiro atoms. The summed E-state index contributed by atoms with van der Waals surface area (Å²) in [4.78, 5) is 0. The number of hydrogen-bond donors (Lipinski definition) is 1. The molecule has 0 radical (unpaired) electrons. The summed E-state index contributed by atoms with van der Waals surface area (Å²) in [6.07, 6.45) is 1.07. The van der Waals surface area contributed by atoms with Crippen molar-refractivity contribution < 1.29 is 9.84 Å². The Morgan fingerprint density at radius 1 is 1.50 bits per heavy atom. The molecular weight excluding hydrogens is 224 g/mol. The Labute approximate surface area is 101 Å². The van der Waals surface area contributed by atoms with E-state index in [4.69, 9.17) is 16.3 Å². The fraction of sp³-hybridized carbons (Fsp3) is 0.538. The smallest absolute Gasteiger partial charge is 0.126 e. The van der Waals surface area contributed by atoms with Crippen molar-refractivity contribution in [3.05, 3.63) is 28.3 Å². The lowest BCUT2D eigenvalue weighted by atomic mass is 9.99. The molecule has 0 saturated carbocycles. The van der Waals surface area contributed by atoms with E-state index in [-0.39, 0.29) is 11.7 Å². The fourth-order valence-electron chi connectivity index (χ4n) is 2.22. The molecule has 1 aliphatic rings. The highest BCUT2D eigenvalue weighted by Gasteiger charge is 2.32. The minimum atomic E-state index is -0.380. The van der Waals surface area contributed by atoms with E-state index >= 15 is 0 Å². The maximum atomic E-state index is 9.46. The average molecular weight is 241 g/mol. The number of aliphatic hydroxyl groups excluding tert-OH is 1. The topological polar surface area (TPSA) is 29.5 Å². The summed E-state index contributed by atoms with van der Waals surface area (Å²) in [5, 5.41) is 10.2. The van der Waals surface area contributed by atoms with Gasteiger partial charge >= 0.3 is 0 Å². The average Bonchev–Trinajstić information content (AvgIpc) is 2.38. The van der Waals surface area contributed by atoms with Gasteiger partial charge in [0, 0.05) is 17.9 Å². The number of ether oxygens (including phenoxy) is 1. The third-order valence-electron chi connectivity index (χ3n) is 2.72. The third-order valence-corrected chi connectivity index (χ3v) is 2.94. The number of benzene rings is 1. The zero-order valence-electron chi connectivity index (χ0n) is 9.88. The Morgan fingerprint density at radius 3 is 2.81 bits per heavy atom. The van der Waals surface area contributed by atoms with Crippen molar-refractivity contribution in [2.75, 3.05) is 0 Å². The summed E-state index contributed by atoms with van der Waals surface area (Å²) < 4.78 is 5.91. The Balaban J connectivity index is 2.41. The van der Waals surface area contributed by atoms with Crippen LogP contribution in [0, 0.1) is 0 Å². The van der Waals surface area contributed by atoms with E-state index < -0.39 is 0 Å². The third kappa shape index (κ3) is 2.33. The molecular formula is C13H17ClO2. The van der Waals surface area contributed by atoms with Gasteiger partial charge in [-0.2, -0.15) is 0 Å². The lowest BCUT2D eigenvalue weighted by Crippen LogP contribution is -2.25. The molecule has 0 fully saturated rings. The maximum Gasteiger partial charge on any atom is 0.126 e. The van der Waals surface area contributed by atoms with Gasteiger partial charge in [0.05, 0.1) is 6.10 Å². The van der Waals surface area contributed by atoms with Crippen molar-refractivity contribution in [2.45, 2.75) is 45.3 Å². The van der Waals surface area contributed by atoms with E-state index in [1.54, 1.807) is 6.92 Å². The zero-order chi connectivity index (χ0) is 11.9. The van der Waals surface area contributed by atoms with Gasteiger partial charge in [0.15, 0.2) is 0 Å². The Hall–Kier alpha value is -0.730. The lowest BCUT2D eigenvalue weighted by Gasteiger charge is -2.18. The molecule has 1 aromatic carbocycles. The first kappa shape index (κ1) is 11.7. The molecule has 1 aromatic rings. The van der Waals surface area contributed by atoms with Crippen molar-refractivity contribution >= 4 is 11.6 Å². The van der Waals surface area contributed by atoms with E-state index in [0.29, 0.717) is 6.42 Å². The maximum absolute atomic E-state index is 9.46. The van der Waals surface area contributed by atoms with Gasteiger partial charge in [-0.3, -0.25) is 0 Å². The summed E-state index contributed by atoms with van der Waals surface area (Å²) in [5.74, 6) is 0.912. The molecule has 16 heavy (non-hydrogen) atoms. The second-order valence-electron chi connectivity index (χ2n) is 5.14. The van der Waals surface area contributed by atoms with Crippen molar-refractivity contribution in [3.8, 4) is 5.75 Å². The van der Waals surface area contributed by atoms with E-state index in [9.17, 15) is 5.11 Å². The summed E-state index contributed by atoms with van der Waals surface area (Å²) in [6, 6.07) is 3.84. The number of hydrogen-bond acceptors (Lipinski definition) is 2. The van der Waals surface area contributed by atoms with Crippen LogP contribution in [0.1, 0.15) is 31.9 Å². The van der Waals surface area contributed by atoms with Gasteiger partial charge in [-0.05, 0) is 44.0 Å². The van der Waals surface area contributed by atoms with E-state index in [1.165, 1.54) is 0 Å². The number of rotatable bonds is 2. The van der Waals surface area contributed by atoms with Crippen LogP contribution >= 0.6 is 11.6 Å². The lowest BCUT2D eigenvalue weighted by molar-refractivity contribution is 0.134. The zero-order valence-corrected chi connectivity index (χ0v) is 10.6. The molecule has 0 amide bonds. The summed E-state index contributed by atoms with van der Waals surface area (Å²) in [7, 11) is 0. The minimum absolute atomic E-state index is 0.166. The van der Waals surface area contributed by atoms with Gasteiger partial charge < -0.3 is 9.84 Å². The van der Waals surface area contributed by atoms with Crippen LogP contribution in [0.4, 0.5) is 0 Å². The van der Waals surface area contributed by atoms with Crippen LogP contribution in [0.2, 0.25) is 5.02 Å². The molecule has 1 heterocycles. The highest BCUT2D eigenvalue weighted by molar-refractivity contribution is 6.30. The molecule has 1 aliphatic heterocycles. The summed E-state index contributed by atoms with van der Waals surface area (Å²) in [5.41, 5.74) is 1.98. The van der Waals surface area contributed by atoms with Crippen molar-refractivity contribution in [3.63, 3.8) is 0 Å². The molecule has 2 rings (SSSR count). The molecule has 0 aliphatic carbocycles. The van der Waals surface area contributed by atoms with Crippen LogP contribution in [0.3, 0.4) is 0 Å². The largest absolute Gasteiger partial charge is 0.487 e. The molecule has 0 aromatic heterocycles. The molecule has 0 saturated heterocycles. The van der Waals surface area contributed by atoms with Gasteiger partial charge in [0.2, 0.25) is 0 Å². The van der Waals surface area contributed by atoms with Gasteiger partial charge in [0.25, 0.3) is 0 Å². The Kier molecular flexibility index (Phi) is 2.89. The van der Waals surface area contributed by atoms with Crippen LogP contribution < -0.4 is 4.74 Å². The molecule has 1 atom stereocenters. The predicted octanol–water partition coefficient (Wildman–Crippen LogP) is 2.98. The molecule has 3 heteroatoms. The number of halogens is 1. The number of aliphatic hydroxyl groups is 1. The Morgan fingerprint density at radius 2 is 2.19 bits per heavy atom. The quantitative estimate of drug-likeness (QED) is 0.861. The minimum Gasteiger partial charge on any atom is -0.487 e. The van der Waals surface area contributed by atoms with Gasteiger partial charge in [-0.1, -0.05) is 11.6 Å². The van der Waals surface area contributed by atoms with Crippen LogP contribution in [-0.4, -0.2) is 16.8 Å².